The van der Waals surface area contributed by atoms with Gasteiger partial charge in [0.25, 0.3) is 5.95 Å². The van der Waals surface area contributed by atoms with Crippen molar-refractivity contribution < 1.29 is 4.74 Å². The Morgan fingerprint density at radius 2 is 1.81 bits per heavy atom. The zero-order valence-electron chi connectivity index (χ0n) is 12.5. The Morgan fingerprint density at radius 1 is 1.10 bits per heavy atom. The van der Waals surface area contributed by atoms with Crippen LogP contribution in [0.5, 0.6) is 0 Å². The topological polar surface area (TPSA) is 81.0 Å². The number of hydrogen-bond donors (Lipinski definition) is 1. The van der Waals surface area contributed by atoms with Crippen molar-refractivity contribution in [1.29, 1.82) is 0 Å². The van der Waals surface area contributed by atoms with Gasteiger partial charge in [-0.2, -0.15) is 20.1 Å². The number of aryl methyl sites for hydroxylation is 2. The van der Waals surface area contributed by atoms with Crippen LogP contribution in [-0.2, 0) is 4.74 Å². The van der Waals surface area contributed by atoms with Crippen molar-refractivity contribution in [2.45, 2.75) is 13.8 Å². The normalized spacial score (nSPS) is 15.3. The van der Waals surface area contributed by atoms with Crippen molar-refractivity contribution in [2.75, 3.05) is 43.6 Å². The third kappa shape index (κ3) is 2.80. The number of ether oxygens (including phenoxy) is 1. The van der Waals surface area contributed by atoms with Crippen molar-refractivity contribution in [2.24, 2.45) is 0 Å². The summed E-state index contributed by atoms with van der Waals surface area (Å²) in [6, 6.07) is 2.00. The number of hydrogen-bond acceptors (Lipinski definition) is 7. The quantitative estimate of drug-likeness (QED) is 0.883. The summed E-state index contributed by atoms with van der Waals surface area (Å²) < 4.78 is 7.11. The molecule has 8 heteroatoms. The standard InChI is InChI=1S/C13H19N7O/c1-9-8-10(2)20(18-9)13-16-11(14-3)15-12(17-13)19-4-6-21-7-5-19/h8H,4-7H2,1-3H3,(H,14,15,16,17). The first kappa shape index (κ1) is 13.7. The molecule has 21 heavy (non-hydrogen) atoms. The van der Waals surface area contributed by atoms with Gasteiger partial charge in [-0.05, 0) is 19.9 Å². The van der Waals surface area contributed by atoms with E-state index >= 15 is 0 Å². The van der Waals surface area contributed by atoms with Crippen LogP contribution in [0.3, 0.4) is 0 Å². The average molecular weight is 289 g/mol. The fourth-order valence-corrected chi connectivity index (χ4v) is 2.30. The Morgan fingerprint density at radius 3 is 2.43 bits per heavy atom. The second-order valence-electron chi connectivity index (χ2n) is 4.95. The molecule has 0 bridgehead atoms. The minimum absolute atomic E-state index is 0.529. The SMILES string of the molecule is CNc1nc(N2CCOCC2)nc(-n2nc(C)cc2C)n1. The Hall–Kier alpha value is -2.22. The van der Waals surface area contributed by atoms with Crippen LogP contribution in [0.15, 0.2) is 6.07 Å². The minimum Gasteiger partial charge on any atom is -0.378 e. The maximum atomic E-state index is 5.37. The van der Waals surface area contributed by atoms with Gasteiger partial charge in [-0.15, -0.1) is 0 Å². The fraction of sp³-hybridized carbons (Fsp3) is 0.538. The molecule has 0 atom stereocenters. The lowest BCUT2D eigenvalue weighted by Crippen LogP contribution is -2.37. The summed E-state index contributed by atoms with van der Waals surface area (Å²) in [6.45, 7) is 6.88. The van der Waals surface area contributed by atoms with Gasteiger partial charge in [0.05, 0.1) is 18.9 Å². The molecule has 0 aromatic carbocycles. The number of nitrogens with one attached hydrogen (secondary N) is 1. The average Bonchev–Trinajstić information content (AvgIpc) is 2.86. The van der Waals surface area contributed by atoms with Gasteiger partial charge in [0.2, 0.25) is 11.9 Å². The van der Waals surface area contributed by atoms with E-state index in [0.717, 1.165) is 24.5 Å². The van der Waals surface area contributed by atoms with E-state index in [-0.39, 0.29) is 0 Å². The van der Waals surface area contributed by atoms with Gasteiger partial charge < -0.3 is 15.0 Å². The van der Waals surface area contributed by atoms with Gasteiger partial charge in [0.15, 0.2) is 0 Å². The van der Waals surface area contributed by atoms with Crippen molar-refractivity contribution >= 4 is 11.9 Å². The molecule has 1 saturated heterocycles. The Labute approximate surface area is 123 Å². The van der Waals surface area contributed by atoms with E-state index in [9.17, 15) is 0 Å². The van der Waals surface area contributed by atoms with Crippen LogP contribution < -0.4 is 10.2 Å². The van der Waals surface area contributed by atoms with E-state index in [1.807, 2.05) is 19.9 Å². The molecule has 0 amide bonds. The molecule has 1 aliphatic heterocycles. The summed E-state index contributed by atoms with van der Waals surface area (Å²) in [5.41, 5.74) is 1.93. The summed E-state index contributed by atoms with van der Waals surface area (Å²) in [5.74, 6) is 1.72. The number of anilines is 2. The van der Waals surface area contributed by atoms with E-state index in [2.05, 4.69) is 30.3 Å². The molecule has 112 valence electrons. The Balaban J connectivity index is 2.02. The van der Waals surface area contributed by atoms with Crippen LogP contribution in [0.4, 0.5) is 11.9 Å². The zero-order chi connectivity index (χ0) is 14.8. The highest BCUT2D eigenvalue weighted by atomic mass is 16.5. The zero-order valence-corrected chi connectivity index (χ0v) is 12.5. The second-order valence-corrected chi connectivity index (χ2v) is 4.95. The molecular formula is C13H19N7O. The molecule has 0 radical (unpaired) electrons. The third-order valence-electron chi connectivity index (χ3n) is 3.33. The Bertz CT molecular complexity index is 633. The molecule has 8 nitrogen and oxygen atoms in total. The van der Waals surface area contributed by atoms with E-state index in [0.29, 0.717) is 31.1 Å². The van der Waals surface area contributed by atoms with Gasteiger partial charge in [0, 0.05) is 25.8 Å². The first-order valence-electron chi connectivity index (χ1n) is 6.97. The molecule has 1 fully saturated rings. The van der Waals surface area contributed by atoms with Crippen LogP contribution >= 0.6 is 0 Å². The number of nitrogens with zero attached hydrogens (tertiary/aromatic N) is 6. The first-order valence-corrected chi connectivity index (χ1v) is 6.97. The van der Waals surface area contributed by atoms with Gasteiger partial charge in [-0.1, -0.05) is 0 Å². The Kier molecular flexibility index (Phi) is 3.70. The number of morpholine rings is 1. The fourth-order valence-electron chi connectivity index (χ4n) is 2.30. The lowest BCUT2D eigenvalue weighted by molar-refractivity contribution is 0.122. The molecule has 1 aliphatic rings. The van der Waals surface area contributed by atoms with E-state index < -0.39 is 0 Å². The predicted molar refractivity (Wildman–Crippen MR) is 79.0 cm³/mol. The van der Waals surface area contributed by atoms with Gasteiger partial charge in [-0.3, -0.25) is 0 Å². The monoisotopic (exact) mass is 289 g/mol. The maximum Gasteiger partial charge on any atom is 0.257 e. The molecule has 2 aromatic rings. The number of rotatable bonds is 3. The largest absolute Gasteiger partial charge is 0.378 e. The second kappa shape index (κ2) is 5.65. The molecule has 0 unspecified atom stereocenters. The van der Waals surface area contributed by atoms with Crippen molar-refractivity contribution in [3.63, 3.8) is 0 Å². The molecular weight excluding hydrogens is 270 g/mol. The van der Waals surface area contributed by atoms with E-state index in [1.54, 1.807) is 11.7 Å². The highest BCUT2D eigenvalue weighted by Crippen LogP contribution is 2.15. The summed E-state index contributed by atoms with van der Waals surface area (Å²) in [4.78, 5) is 15.5. The summed E-state index contributed by atoms with van der Waals surface area (Å²) in [6.07, 6.45) is 0. The van der Waals surface area contributed by atoms with Gasteiger partial charge in [-0.25, -0.2) is 4.68 Å². The smallest absolute Gasteiger partial charge is 0.257 e. The van der Waals surface area contributed by atoms with Gasteiger partial charge >= 0.3 is 0 Å². The summed E-state index contributed by atoms with van der Waals surface area (Å²) >= 11 is 0. The van der Waals surface area contributed by atoms with Gasteiger partial charge in [0.1, 0.15) is 0 Å². The molecule has 0 saturated carbocycles. The van der Waals surface area contributed by atoms with Crippen LogP contribution in [0.1, 0.15) is 11.4 Å². The highest BCUT2D eigenvalue weighted by molar-refractivity contribution is 5.40. The number of aromatic nitrogens is 5. The summed E-state index contributed by atoms with van der Waals surface area (Å²) in [7, 11) is 1.80. The van der Waals surface area contributed by atoms with E-state index in [1.165, 1.54) is 0 Å². The lowest BCUT2D eigenvalue weighted by Gasteiger charge is -2.27. The highest BCUT2D eigenvalue weighted by Gasteiger charge is 2.17. The van der Waals surface area contributed by atoms with Crippen LogP contribution in [0, 0.1) is 13.8 Å². The maximum absolute atomic E-state index is 5.37. The molecule has 0 spiro atoms. The minimum atomic E-state index is 0.529. The van der Waals surface area contributed by atoms with Crippen molar-refractivity contribution in [3.05, 3.63) is 17.5 Å². The lowest BCUT2D eigenvalue weighted by atomic mass is 10.4. The molecule has 3 heterocycles. The molecule has 1 N–H and O–H groups in total. The predicted octanol–water partition coefficient (Wildman–Crippen LogP) is 0.552. The van der Waals surface area contributed by atoms with Crippen LogP contribution in [-0.4, -0.2) is 58.1 Å². The first-order chi connectivity index (χ1) is 10.2. The van der Waals surface area contributed by atoms with Crippen LogP contribution in [0.25, 0.3) is 5.95 Å². The van der Waals surface area contributed by atoms with Crippen LogP contribution in [0.2, 0.25) is 0 Å². The molecule has 0 aliphatic carbocycles. The molecule has 2 aromatic heterocycles. The third-order valence-corrected chi connectivity index (χ3v) is 3.33. The van der Waals surface area contributed by atoms with Crippen molar-refractivity contribution in [3.8, 4) is 5.95 Å². The van der Waals surface area contributed by atoms with Crippen molar-refractivity contribution in [1.82, 2.24) is 24.7 Å². The molecule has 3 rings (SSSR count). The summed E-state index contributed by atoms with van der Waals surface area (Å²) in [5, 5.41) is 7.42. The van der Waals surface area contributed by atoms with E-state index in [4.69, 9.17) is 4.74 Å².